The van der Waals surface area contributed by atoms with Crippen LogP contribution in [-0.4, -0.2) is 30.4 Å². The molecule has 7 nitrogen and oxygen atoms in total. The molecule has 8 heteroatoms. The van der Waals surface area contributed by atoms with E-state index in [0.29, 0.717) is 23.7 Å². The van der Waals surface area contributed by atoms with Gasteiger partial charge in [-0.15, -0.1) is 5.10 Å². The minimum Gasteiger partial charge on any atom is -0.543 e. The number of carbonyl (C=O) groups excluding carboxylic acids is 1. The van der Waals surface area contributed by atoms with E-state index in [9.17, 15) is 9.90 Å². The average molecular weight is 311 g/mol. The Kier molecular flexibility index (Phi) is 7.10. The molecule has 0 saturated carbocycles. The van der Waals surface area contributed by atoms with Gasteiger partial charge >= 0.3 is 29.6 Å². The van der Waals surface area contributed by atoms with Gasteiger partial charge in [0, 0.05) is 18.2 Å². The number of rotatable bonds is 6. The number of carboxylic acid groups (broad SMARTS) is 1. The van der Waals surface area contributed by atoms with Crippen molar-refractivity contribution >= 4 is 11.7 Å². The molecule has 0 fully saturated rings. The molecule has 0 radical (unpaired) electrons. The summed E-state index contributed by atoms with van der Waals surface area (Å²) in [5, 5.41) is 21.0. The predicted octanol–water partition coefficient (Wildman–Crippen LogP) is -2.53. The van der Waals surface area contributed by atoms with Gasteiger partial charge in [0.1, 0.15) is 17.2 Å². The summed E-state index contributed by atoms with van der Waals surface area (Å²) < 4.78 is 10.4. The Labute approximate surface area is 150 Å². The van der Waals surface area contributed by atoms with Crippen LogP contribution in [0.1, 0.15) is 16.1 Å². The number of nitrogens with zero attached hydrogens (tertiary/aromatic N) is 2. The van der Waals surface area contributed by atoms with Gasteiger partial charge in [-0.2, -0.15) is 5.10 Å². The Bertz CT molecular complexity index is 652. The van der Waals surface area contributed by atoms with E-state index in [1.165, 1.54) is 12.3 Å². The SMILES string of the molecule is COc1ccc(CNc2ccnnc2C(=O)[O-])c(OC)c1.[Na+]. The number of aromatic nitrogens is 2. The molecule has 0 aliphatic rings. The number of methoxy groups -OCH3 is 2. The van der Waals surface area contributed by atoms with Crippen molar-refractivity contribution in [3.05, 3.63) is 41.7 Å². The third-order valence-corrected chi connectivity index (χ3v) is 2.88. The summed E-state index contributed by atoms with van der Waals surface area (Å²) in [6, 6.07) is 6.90. The van der Waals surface area contributed by atoms with Crippen LogP contribution in [-0.2, 0) is 6.54 Å². The zero-order valence-electron chi connectivity index (χ0n) is 12.6. The van der Waals surface area contributed by atoms with Crippen LogP contribution < -0.4 is 49.5 Å². The number of carbonyl (C=O) groups is 1. The first-order valence-electron chi connectivity index (χ1n) is 6.13. The fourth-order valence-electron chi connectivity index (χ4n) is 1.81. The molecule has 0 saturated heterocycles. The predicted molar refractivity (Wildman–Crippen MR) is 73.2 cm³/mol. The molecule has 2 rings (SSSR count). The van der Waals surface area contributed by atoms with Crippen LogP contribution in [0.25, 0.3) is 0 Å². The Hall–Kier alpha value is -1.83. The molecule has 0 atom stereocenters. The van der Waals surface area contributed by atoms with E-state index in [4.69, 9.17) is 9.47 Å². The zero-order valence-corrected chi connectivity index (χ0v) is 14.6. The van der Waals surface area contributed by atoms with Crippen molar-refractivity contribution < 1.29 is 48.9 Å². The second-order valence-corrected chi connectivity index (χ2v) is 4.11. The third-order valence-electron chi connectivity index (χ3n) is 2.88. The van der Waals surface area contributed by atoms with Gasteiger partial charge in [0.2, 0.25) is 0 Å². The third kappa shape index (κ3) is 4.33. The fourth-order valence-corrected chi connectivity index (χ4v) is 1.81. The van der Waals surface area contributed by atoms with E-state index in [0.717, 1.165) is 5.56 Å². The van der Waals surface area contributed by atoms with Crippen LogP contribution in [0, 0.1) is 0 Å². The van der Waals surface area contributed by atoms with Gasteiger partial charge in [-0.05, 0) is 18.2 Å². The molecule has 1 heterocycles. The van der Waals surface area contributed by atoms with E-state index in [1.807, 2.05) is 6.07 Å². The Balaban J connectivity index is 0.00000242. The quantitative estimate of drug-likeness (QED) is 0.588. The molecule has 0 amide bonds. The molecule has 22 heavy (non-hydrogen) atoms. The van der Waals surface area contributed by atoms with Crippen molar-refractivity contribution in [1.29, 1.82) is 0 Å². The summed E-state index contributed by atoms with van der Waals surface area (Å²) in [7, 11) is 3.13. The average Bonchev–Trinajstić information content (AvgIpc) is 2.52. The maximum Gasteiger partial charge on any atom is 1.00 e. The molecule has 2 aromatic rings. The van der Waals surface area contributed by atoms with Crippen molar-refractivity contribution in [3.63, 3.8) is 0 Å². The largest absolute Gasteiger partial charge is 1.00 e. The number of hydrogen-bond donors (Lipinski definition) is 1. The Morgan fingerprint density at radius 3 is 2.68 bits per heavy atom. The van der Waals surface area contributed by atoms with Crippen LogP contribution in [0.5, 0.6) is 11.5 Å². The van der Waals surface area contributed by atoms with Crippen molar-refractivity contribution in [3.8, 4) is 11.5 Å². The normalized spacial score (nSPS) is 9.55. The maximum atomic E-state index is 10.9. The zero-order chi connectivity index (χ0) is 15.2. The van der Waals surface area contributed by atoms with E-state index >= 15 is 0 Å². The summed E-state index contributed by atoms with van der Waals surface area (Å²) in [5.41, 5.74) is 0.951. The van der Waals surface area contributed by atoms with Crippen LogP contribution >= 0.6 is 0 Å². The van der Waals surface area contributed by atoms with Crippen LogP contribution in [0.3, 0.4) is 0 Å². The van der Waals surface area contributed by atoms with Gasteiger partial charge in [0.25, 0.3) is 0 Å². The van der Waals surface area contributed by atoms with E-state index in [-0.39, 0.29) is 35.3 Å². The second-order valence-electron chi connectivity index (χ2n) is 4.11. The summed E-state index contributed by atoms with van der Waals surface area (Å²) >= 11 is 0. The molecule has 0 aliphatic heterocycles. The topological polar surface area (TPSA) is 96.4 Å². The molecular weight excluding hydrogens is 297 g/mol. The molecule has 0 aliphatic carbocycles. The van der Waals surface area contributed by atoms with Crippen LogP contribution in [0.15, 0.2) is 30.5 Å². The van der Waals surface area contributed by atoms with Crippen molar-refractivity contribution in [1.82, 2.24) is 10.2 Å². The first kappa shape index (κ1) is 18.2. The number of aromatic carboxylic acids is 1. The van der Waals surface area contributed by atoms with Gasteiger partial charge in [0.05, 0.1) is 32.1 Å². The summed E-state index contributed by atoms with van der Waals surface area (Å²) in [6.07, 6.45) is 1.40. The van der Waals surface area contributed by atoms with E-state index in [2.05, 4.69) is 15.5 Å². The first-order chi connectivity index (χ1) is 10.2. The number of anilines is 1. The Morgan fingerprint density at radius 2 is 2.05 bits per heavy atom. The molecule has 1 N–H and O–H groups in total. The van der Waals surface area contributed by atoms with Gasteiger partial charge in [-0.1, -0.05) is 0 Å². The van der Waals surface area contributed by atoms with E-state index in [1.54, 1.807) is 26.4 Å². The maximum absolute atomic E-state index is 10.9. The van der Waals surface area contributed by atoms with Gasteiger partial charge < -0.3 is 24.7 Å². The number of carboxylic acids is 1. The fraction of sp³-hybridized carbons (Fsp3) is 0.214. The second kappa shape index (κ2) is 8.57. The van der Waals surface area contributed by atoms with E-state index < -0.39 is 5.97 Å². The minimum atomic E-state index is -1.38. The molecule has 1 aromatic heterocycles. The van der Waals surface area contributed by atoms with Gasteiger partial charge in [0.15, 0.2) is 0 Å². The summed E-state index contributed by atoms with van der Waals surface area (Å²) in [4.78, 5) is 10.9. The molecule has 0 bridgehead atoms. The summed E-state index contributed by atoms with van der Waals surface area (Å²) in [6.45, 7) is 0.360. The standard InChI is InChI=1S/C14H15N3O4.Na/c1-20-10-4-3-9(12(7-10)21-2)8-15-11-5-6-16-17-13(11)14(18)19;/h3-7H,8H2,1-2H3,(H,15,16)(H,18,19);/q;+1/p-1. The number of nitrogens with one attached hydrogen (secondary N) is 1. The smallest absolute Gasteiger partial charge is 0.543 e. The van der Waals surface area contributed by atoms with Crippen LogP contribution in [0.2, 0.25) is 0 Å². The van der Waals surface area contributed by atoms with Crippen LogP contribution in [0.4, 0.5) is 5.69 Å². The first-order valence-corrected chi connectivity index (χ1v) is 6.13. The van der Waals surface area contributed by atoms with Gasteiger partial charge in [-0.25, -0.2) is 0 Å². The number of benzene rings is 1. The minimum absolute atomic E-state index is 0. The van der Waals surface area contributed by atoms with Gasteiger partial charge in [-0.3, -0.25) is 0 Å². The monoisotopic (exact) mass is 311 g/mol. The molecule has 110 valence electrons. The molecule has 0 unspecified atom stereocenters. The number of ether oxygens (including phenoxy) is 2. The number of hydrogen-bond acceptors (Lipinski definition) is 7. The summed E-state index contributed by atoms with van der Waals surface area (Å²) in [5.74, 6) is -0.0669. The molecule has 0 spiro atoms. The Morgan fingerprint density at radius 1 is 1.27 bits per heavy atom. The van der Waals surface area contributed by atoms with Crippen molar-refractivity contribution in [2.45, 2.75) is 6.54 Å². The van der Waals surface area contributed by atoms with Crippen molar-refractivity contribution in [2.24, 2.45) is 0 Å². The molecular formula is C14H14N3NaO4. The molecule has 1 aromatic carbocycles. The van der Waals surface area contributed by atoms with Crippen molar-refractivity contribution in [2.75, 3.05) is 19.5 Å².